The van der Waals surface area contributed by atoms with Crippen molar-refractivity contribution >= 4 is 11.8 Å². The van der Waals surface area contributed by atoms with E-state index in [0.717, 1.165) is 58.8 Å². The third-order valence-corrected chi connectivity index (χ3v) is 5.45. The number of likely N-dealkylation sites (tertiary alicyclic amines) is 1. The molecule has 20 heavy (non-hydrogen) atoms. The second kappa shape index (κ2) is 7.65. The Morgan fingerprint density at radius 2 is 1.85 bits per heavy atom. The zero-order valence-electron chi connectivity index (χ0n) is 12.8. The Labute approximate surface area is 127 Å². The molecule has 2 saturated heterocycles. The van der Waals surface area contributed by atoms with E-state index in [2.05, 4.69) is 29.7 Å². The second-order valence-corrected chi connectivity index (χ2v) is 7.69. The lowest BCUT2D eigenvalue weighted by molar-refractivity contribution is -0.0237. The number of nitrogens with zero attached hydrogens (tertiary/aromatic N) is 3. The van der Waals surface area contributed by atoms with Crippen LogP contribution in [0.2, 0.25) is 0 Å². The van der Waals surface area contributed by atoms with Gasteiger partial charge in [0.15, 0.2) is 0 Å². The fourth-order valence-corrected chi connectivity index (χ4v) is 3.89. The Bertz CT molecular complexity index is 329. The molecule has 2 fully saturated rings. The summed E-state index contributed by atoms with van der Waals surface area (Å²) >= 11 is 2.03. The minimum atomic E-state index is -0.231. The molecule has 114 valence electrons. The van der Waals surface area contributed by atoms with E-state index in [1.54, 1.807) is 0 Å². The highest BCUT2D eigenvalue weighted by molar-refractivity contribution is 7.99. The summed E-state index contributed by atoms with van der Waals surface area (Å²) in [5.41, 5.74) is -0.231. The molecule has 4 nitrogen and oxygen atoms in total. The summed E-state index contributed by atoms with van der Waals surface area (Å²) in [4.78, 5) is 4.88. The van der Waals surface area contributed by atoms with Gasteiger partial charge in [-0.15, -0.1) is 0 Å². The van der Waals surface area contributed by atoms with Crippen molar-refractivity contribution < 1.29 is 4.74 Å². The number of ether oxygens (including phenoxy) is 1. The Balaban J connectivity index is 1.80. The van der Waals surface area contributed by atoms with Crippen LogP contribution in [0.3, 0.4) is 0 Å². The molecule has 0 amide bonds. The summed E-state index contributed by atoms with van der Waals surface area (Å²) in [5.74, 6) is 1.20. The maximum Gasteiger partial charge on any atom is 0.111 e. The van der Waals surface area contributed by atoms with Gasteiger partial charge < -0.3 is 9.64 Å². The lowest BCUT2D eigenvalue weighted by Gasteiger charge is -2.45. The van der Waals surface area contributed by atoms with Gasteiger partial charge in [-0.25, -0.2) is 0 Å². The zero-order valence-corrected chi connectivity index (χ0v) is 13.6. The average Bonchev–Trinajstić information content (AvgIpc) is 2.49. The molecular weight excluding hydrogens is 270 g/mol. The minimum Gasteiger partial charge on any atom is -0.379 e. The number of hydrogen-bond donors (Lipinski definition) is 0. The number of piperidine rings is 1. The van der Waals surface area contributed by atoms with Crippen molar-refractivity contribution in [3.63, 3.8) is 0 Å². The van der Waals surface area contributed by atoms with Gasteiger partial charge in [0.25, 0.3) is 0 Å². The van der Waals surface area contributed by atoms with Crippen LogP contribution in [0.4, 0.5) is 0 Å². The van der Waals surface area contributed by atoms with E-state index >= 15 is 0 Å². The molecule has 2 rings (SSSR count). The quantitative estimate of drug-likeness (QED) is 0.774. The largest absolute Gasteiger partial charge is 0.379 e. The van der Waals surface area contributed by atoms with E-state index in [9.17, 15) is 5.26 Å². The Morgan fingerprint density at radius 3 is 2.40 bits per heavy atom. The SMILES string of the molecule is CC(C)SCCN1CCC(C#N)(N2CCOCC2)CC1. The molecule has 2 aliphatic rings. The number of morpholine rings is 1. The highest BCUT2D eigenvalue weighted by atomic mass is 32.2. The molecule has 0 radical (unpaired) electrons. The molecule has 5 heteroatoms. The monoisotopic (exact) mass is 297 g/mol. The van der Waals surface area contributed by atoms with Gasteiger partial charge in [0.05, 0.1) is 19.3 Å². The van der Waals surface area contributed by atoms with Crippen molar-refractivity contribution in [2.24, 2.45) is 0 Å². The van der Waals surface area contributed by atoms with Crippen LogP contribution < -0.4 is 0 Å². The van der Waals surface area contributed by atoms with Gasteiger partial charge in [0, 0.05) is 38.5 Å². The van der Waals surface area contributed by atoms with Crippen molar-refractivity contribution in [3.8, 4) is 6.07 Å². The maximum atomic E-state index is 9.67. The topological polar surface area (TPSA) is 39.5 Å². The molecule has 0 aliphatic carbocycles. The molecule has 0 aromatic carbocycles. The highest BCUT2D eigenvalue weighted by Crippen LogP contribution is 2.29. The van der Waals surface area contributed by atoms with Crippen LogP contribution in [0.15, 0.2) is 0 Å². The number of thioether (sulfide) groups is 1. The molecule has 0 bridgehead atoms. The van der Waals surface area contributed by atoms with E-state index in [1.807, 2.05) is 11.8 Å². The van der Waals surface area contributed by atoms with Crippen LogP contribution in [0.25, 0.3) is 0 Å². The lowest BCUT2D eigenvalue weighted by Crippen LogP contribution is -2.57. The smallest absolute Gasteiger partial charge is 0.111 e. The Morgan fingerprint density at radius 1 is 1.20 bits per heavy atom. The summed E-state index contributed by atoms with van der Waals surface area (Å²) in [6.07, 6.45) is 1.96. The number of rotatable bonds is 5. The fourth-order valence-electron chi connectivity index (χ4n) is 3.05. The van der Waals surface area contributed by atoms with Crippen molar-refractivity contribution in [1.82, 2.24) is 9.80 Å². The molecule has 0 spiro atoms. The van der Waals surface area contributed by atoms with E-state index in [-0.39, 0.29) is 5.54 Å². The van der Waals surface area contributed by atoms with Crippen LogP contribution >= 0.6 is 11.8 Å². The third-order valence-electron chi connectivity index (χ3n) is 4.37. The summed E-state index contributed by atoms with van der Waals surface area (Å²) in [7, 11) is 0. The average molecular weight is 297 g/mol. The van der Waals surface area contributed by atoms with E-state index in [0.29, 0.717) is 5.25 Å². The molecule has 2 aliphatic heterocycles. The van der Waals surface area contributed by atoms with Crippen LogP contribution in [0.5, 0.6) is 0 Å². The van der Waals surface area contributed by atoms with Crippen LogP contribution in [-0.4, -0.2) is 72.3 Å². The third kappa shape index (κ3) is 4.11. The highest BCUT2D eigenvalue weighted by Gasteiger charge is 2.40. The van der Waals surface area contributed by atoms with Crippen molar-refractivity contribution in [1.29, 1.82) is 5.26 Å². The molecule has 0 unspecified atom stereocenters. The summed E-state index contributed by atoms with van der Waals surface area (Å²) in [5, 5.41) is 10.4. The van der Waals surface area contributed by atoms with E-state index in [1.165, 1.54) is 5.75 Å². The first kappa shape index (κ1) is 16.1. The predicted octanol–water partition coefficient (Wildman–Crippen LogP) is 1.82. The molecule has 0 saturated carbocycles. The summed E-state index contributed by atoms with van der Waals surface area (Å²) in [6.45, 7) is 11.2. The van der Waals surface area contributed by atoms with E-state index in [4.69, 9.17) is 4.74 Å². The van der Waals surface area contributed by atoms with Gasteiger partial charge >= 0.3 is 0 Å². The van der Waals surface area contributed by atoms with Gasteiger partial charge in [0.1, 0.15) is 5.54 Å². The molecule has 2 heterocycles. The Hall–Kier alpha value is -0.280. The van der Waals surface area contributed by atoms with Crippen LogP contribution in [-0.2, 0) is 4.74 Å². The summed E-state index contributed by atoms with van der Waals surface area (Å²) in [6, 6.07) is 2.62. The standard InChI is InChI=1S/C15H27N3OS/c1-14(2)20-12-9-17-5-3-15(13-16,4-6-17)18-7-10-19-11-8-18/h14H,3-12H2,1-2H3. The predicted molar refractivity (Wildman–Crippen MR) is 84.0 cm³/mol. The second-order valence-electron chi connectivity index (χ2n) is 6.00. The first-order valence-electron chi connectivity index (χ1n) is 7.74. The molecule has 0 atom stereocenters. The van der Waals surface area contributed by atoms with Crippen LogP contribution in [0.1, 0.15) is 26.7 Å². The minimum absolute atomic E-state index is 0.231. The maximum absolute atomic E-state index is 9.67. The lowest BCUT2D eigenvalue weighted by atomic mass is 9.86. The van der Waals surface area contributed by atoms with Crippen molar-refractivity contribution in [2.45, 2.75) is 37.5 Å². The summed E-state index contributed by atoms with van der Waals surface area (Å²) < 4.78 is 5.41. The molecule has 0 aromatic heterocycles. The zero-order chi connectivity index (χ0) is 14.4. The van der Waals surface area contributed by atoms with Gasteiger partial charge in [-0.3, -0.25) is 4.90 Å². The molecule has 0 aromatic rings. The van der Waals surface area contributed by atoms with Crippen molar-refractivity contribution in [2.75, 3.05) is 51.7 Å². The van der Waals surface area contributed by atoms with Gasteiger partial charge in [-0.05, 0) is 18.1 Å². The fraction of sp³-hybridized carbons (Fsp3) is 0.933. The first-order chi connectivity index (χ1) is 9.66. The molecule has 0 N–H and O–H groups in total. The van der Waals surface area contributed by atoms with Crippen molar-refractivity contribution in [3.05, 3.63) is 0 Å². The van der Waals surface area contributed by atoms with Crippen LogP contribution in [0, 0.1) is 11.3 Å². The molecular formula is C15H27N3OS. The van der Waals surface area contributed by atoms with Gasteiger partial charge in [0.2, 0.25) is 0 Å². The number of hydrogen-bond acceptors (Lipinski definition) is 5. The number of nitriles is 1. The normalized spacial score (nSPS) is 24.7. The van der Waals surface area contributed by atoms with Gasteiger partial charge in [-0.1, -0.05) is 13.8 Å². The van der Waals surface area contributed by atoms with Gasteiger partial charge in [-0.2, -0.15) is 17.0 Å². The Kier molecular flexibility index (Phi) is 6.16. The van der Waals surface area contributed by atoms with E-state index < -0.39 is 0 Å². The first-order valence-corrected chi connectivity index (χ1v) is 8.79.